The number of carbonyl (C=O) groups excluding carboxylic acids is 2. The van der Waals surface area contributed by atoms with Gasteiger partial charge in [0, 0.05) is 19.0 Å². The molecular formula is C19H19NO2. The van der Waals surface area contributed by atoms with Crippen molar-refractivity contribution in [2.75, 3.05) is 0 Å². The van der Waals surface area contributed by atoms with Gasteiger partial charge in [0.25, 0.3) is 0 Å². The van der Waals surface area contributed by atoms with E-state index in [-0.39, 0.29) is 24.2 Å². The predicted octanol–water partition coefficient (Wildman–Crippen LogP) is 2.99. The average molecular weight is 293 g/mol. The molecule has 3 nitrogen and oxygen atoms in total. The van der Waals surface area contributed by atoms with Gasteiger partial charge in [-0.05, 0) is 17.5 Å². The van der Waals surface area contributed by atoms with Crippen LogP contribution in [0.4, 0.5) is 0 Å². The molecule has 0 spiro atoms. The maximum absolute atomic E-state index is 12.3. The smallest absolute Gasteiger partial charge is 0.230 e. The Hall–Kier alpha value is -2.42. The molecule has 1 aliphatic heterocycles. The third kappa shape index (κ3) is 3.42. The third-order valence-corrected chi connectivity index (χ3v) is 4.08. The van der Waals surface area contributed by atoms with Gasteiger partial charge in [-0.3, -0.25) is 9.59 Å². The van der Waals surface area contributed by atoms with E-state index in [0.29, 0.717) is 13.0 Å². The summed E-state index contributed by atoms with van der Waals surface area (Å²) < 4.78 is 0. The van der Waals surface area contributed by atoms with Crippen molar-refractivity contribution in [1.29, 1.82) is 0 Å². The van der Waals surface area contributed by atoms with Crippen molar-refractivity contribution in [3.63, 3.8) is 0 Å². The quantitative estimate of drug-likeness (QED) is 0.813. The van der Waals surface area contributed by atoms with E-state index in [2.05, 4.69) is 0 Å². The summed E-state index contributed by atoms with van der Waals surface area (Å²) in [7, 11) is 0. The molecule has 1 atom stereocenters. The van der Waals surface area contributed by atoms with Crippen molar-refractivity contribution in [3.05, 3.63) is 71.8 Å². The summed E-state index contributed by atoms with van der Waals surface area (Å²) in [6, 6.07) is 19.9. The van der Waals surface area contributed by atoms with E-state index in [9.17, 15) is 9.59 Å². The van der Waals surface area contributed by atoms with Crippen LogP contribution in [-0.2, 0) is 22.6 Å². The lowest BCUT2D eigenvalue weighted by Gasteiger charge is -2.35. The summed E-state index contributed by atoms with van der Waals surface area (Å²) in [5, 5.41) is 0. The van der Waals surface area contributed by atoms with Gasteiger partial charge in [-0.1, -0.05) is 60.7 Å². The summed E-state index contributed by atoms with van der Waals surface area (Å²) in [4.78, 5) is 26.0. The van der Waals surface area contributed by atoms with Gasteiger partial charge < -0.3 is 4.90 Å². The van der Waals surface area contributed by atoms with E-state index in [1.54, 1.807) is 0 Å². The van der Waals surface area contributed by atoms with Gasteiger partial charge in [0.15, 0.2) is 0 Å². The minimum absolute atomic E-state index is 0.0398. The van der Waals surface area contributed by atoms with E-state index in [0.717, 1.165) is 17.5 Å². The van der Waals surface area contributed by atoms with Gasteiger partial charge in [0.05, 0.1) is 6.42 Å². The Morgan fingerprint density at radius 1 is 0.864 bits per heavy atom. The molecule has 1 aliphatic rings. The van der Waals surface area contributed by atoms with E-state index < -0.39 is 0 Å². The van der Waals surface area contributed by atoms with Crippen LogP contribution < -0.4 is 0 Å². The minimum Gasteiger partial charge on any atom is -0.334 e. The van der Waals surface area contributed by atoms with Crippen LogP contribution in [-0.4, -0.2) is 22.6 Å². The first kappa shape index (κ1) is 14.5. The molecule has 2 aromatic rings. The molecule has 0 radical (unpaired) electrons. The normalized spacial score (nSPS) is 18.5. The molecule has 0 aliphatic carbocycles. The fourth-order valence-corrected chi connectivity index (χ4v) is 2.98. The maximum atomic E-state index is 12.3. The molecule has 0 N–H and O–H groups in total. The third-order valence-electron chi connectivity index (χ3n) is 4.08. The average Bonchev–Trinajstić information content (AvgIpc) is 2.53. The summed E-state index contributed by atoms with van der Waals surface area (Å²) >= 11 is 0. The molecule has 0 bridgehead atoms. The molecule has 0 unspecified atom stereocenters. The Kier molecular flexibility index (Phi) is 4.33. The second kappa shape index (κ2) is 6.56. The van der Waals surface area contributed by atoms with Crippen LogP contribution in [0.2, 0.25) is 0 Å². The number of hydrogen-bond acceptors (Lipinski definition) is 2. The van der Waals surface area contributed by atoms with Crippen LogP contribution >= 0.6 is 0 Å². The number of amides is 1. The van der Waals surface area contributed by atoms with Crippen molar-refractivity contribution in [2.45, 2.75) is 31.8 Å². The summed E-state index contributed by atoms with van der Waals surface area (Å²) in [5.74, 6) is -0.00345. The standard InChI is InChI=1S/C19H19NO2/c21-18-12-17(11-15-7-3-1-4-8-15)20(19(22)13-18)14-16-9-5-2-6-10-16/h1-10,17H,11-14H2/t17-/m1/s1. The van der Waals surface area contributed by atoms with E-state index in [4.69, 9.17) is 0 Å². The number of rotatable bonds is 4. The van der Waals surface area contributed by atoms with Crippen LogP contribution in [0.15, 0.2) is 60.7 Å². The molecule has 0 aromatic heterocycles. The lowest BCUT2D eigenvalue weighted by Crippen LogP contribution is -2.47. The molecule has 1 fully saturated rings. The number of benzene rings is 2. The van der Waals surface area contributed by atoms with Crippen molar-refractivity contribution >= 4 is 11.7 Å². The fraction of sp³-hybridized carbons (Fsp3) is 0.263. The number of piperidine rings is 1. The molecule has 3 rings (SSSR count). The van der Waals surface area contributed by atoms with Crippen LogP contribution in [0.5, 0.6) is 0 Å². The zero-order valence-corrected chi connectivity index (χ0v) is 12.4. The van der Waals surface area contributed by atoms with E-state index in [1.807, 2.05) is 65.6 Å². The summed E-state index contributed by atoms with van der Waals surface area (Å²) in [6.45, 7) is 0.574. The monoisotopic (exact) mass is 293 g/mol. The molecule has 3 heteroatoms. The Morgan fingerprint density at radius 2 is 1.45 bits per heavy atom. The van der Waals surface area contributed by atoms with Crippen LogP contribution in [0.25, 0.3) is 0 Å². The predicted molar refractivity (Wildman–Crippen MR) is 85.2 cm³/mol. The van der Waals surface area contributed by atoms with Crippen molar-refractivity contribution in [2.24, 2.45) is 0 Å². The van der Waals surface area contributed by atoms with Crippen molar-refractivity contribution < 1.29 is 9.59 Å². The summed E-state index contributed by atoms with van der Waals surface area (Å²) in [5.41, 5.74) is 2.26. The molecule has 1 amide bonds. The van der Waals surface area contributed by atoms with Gasteiger partial charge in [-0.2, -0.15) is 0 Å². The number of ketones is 1. The van der Waals surface area contributed by atoms with Crippen molar-refractivity contribution in [3.8, 4) is 0 Å². The first-order valence-electron chi connectivity index (χ1n) is 7.61. The number of nitrogens with zero attached hydrogens (tertiary/aromatic N) is 1. The molecule has 2 aromatic carbocycles. The Labute approximate surface area is 130 Å². The SMILES string of the molecule is O=C1CC(=O)N(Cc2ccccc2)[C@H](Cc2ccccc2)C1. The maximum Gasteiger partial charge on any atom is 0.230 e. The topological polar surface area (TPSA) is 37.4 Å². The highest BCUT2D eigenvalue weighted by molar-refractivity contribution is 6.00. The van der Waals surface area contributed by atoms with Crippen LogP contribution in [0.3, 0.4) is 0 Å². The highest BCUT2D eigenvalue weighted by Gasteiger charge is 2.32. The van der Waals surface area contributed by atoms with Gasteiger partial charge >= 0.3 is 0 Å². The number of carbonyl (C=O) groups is 2. The minimum atomic E-state index is -0.0546. The van der Waals surface area contributed by atoms with Gasteiger partial charge in [0.1, 0.15) is 5.78 Å². The Balaban J connectivity index is 1.80. The zero-order chi connectivity index (χ0) is 15.4. The highest BCUT2D eigenvalue weighted by atomic mass is 16.2. The van der Waals surface area contributed by atoms with Crippen molar-refractivity contribution in [1.82, 2.24) is 4.90 Å². The lowest BCUT2D eigenvalue weighted by atomic mass is 9.94. The molecule has 22 heavy (non-hydrogen) atoms. The van der Waals surface area contributed by atoms with E-state index in [1.165, 1.54) is 0 Å². The molecular weight excluding hydrogens is 274 g/mol. The fourth-order valence-electron chi connectivity index (χ4n) is 2.98. The second-order valence-electron chi connectivity index (χ2n) is 5.77. The first-order valence-corrected chi connectivity index (χ1v) is 7.61. The van der Waals surface area contributed by atoms with Crippen LogP contribution in [0, 0.1) is 0 Å². The number of likely N-dealkylation sites (tertiary alicyclic amines) is 1. The number of hydrogen-bond donors (Lipinski definition) is 0. The molecule has 1 saturated heterocycles. The summed E-state index contributed by atoms with van der Waals surface area (Å²) in [6.07, 6.45) is 1.22. The van der Waals surface area contributed by atoms with Gasteiger partial charge in [-0.25, -0.2) is 0 Å². The largest absolute Gasteiger partial charge is 0.334 e. The molecule has 1 heterocycles. The van der Waals surface area contributed by atoms with E-state index >= 15 is 0 Å². The van der Waals surface area contributed by atoms with Gasteiger partial charge in [0.2, 0.25) is 5.91 Å². The second-order valence-corrected chi connectivity index (χ2v) is 5.77. The Morgan fingerprint density at radius 3 is 2.09 bits per heavy atom. The molecule has 0 saturated carbocycles. The van der Waals surface area contributed by atoms with Gasteiger partial charge in [-0.15, -0.1) is 0 Å². The molecule has 112 valence electrons. The zero-order valence-electron chi connectivity index (χ0n) is 12.4. The Bertz CT molecular complexity index is 652. The van der Waals surface area contributed by atoms with Crippen LogP contribution in [0.1, 0.15) is 24.0 Å². The highest BCUT2D eigenvalue weighted by Crippen LogP contribution is 2.22. The number of Topliss-reactive ketones (excluding diaryl/α,β-unsaturated/α-hetero) is 1. The lowest BCUT2D eigenvalue weighted by molar-refractivity contribution is -0.143. The first-order chi connectivity index (χ1) is 10.7.